The molecule has 1 aliphatic carbocycles. The zero-order chi connectivity index (χ0) is 28.7. The quantitative estimate of drug-likeness (QED) is 0.205. The summed E-state index contributed by atoms with van der Waals surface area (Å²) in [6.45, 7) is 3.51. The second-order valence-corrected chi connectivity index (χ2v) is 10.7. The van der Waals surface area contributed by atoms with Gasteiger partial charge in [0, 0.05) is 16.1 Å². The highest BCUT2D eigenvalue weighted by molar-refractivity contribution is 6.31. The van der Waals surface area contributed by atoms with Crippen molar-refractivity contribution in [2.45, 2.75) is 38.2 Å². The minimum Gasteiger partial charge on any atom is -0.481 e. The van der Waals surface area contributed by atoms with Crippen molar-refractivity contribution >= 4 is 40.1 Å². The van der Waals surface area contributed by atoms with Gasteiger partial charge in [-0.05, 0) is 66.3 Å². The normalized spacial score (nSPS) is 14.4. The number of halogens is 1. The Morgan fingerprint density at radius 3 is 2.24 bits per heavy atom. The summed E-state index contributed by atoms with van der Waals surface area (Å²) in [7, 11) is 0. The Bertz CT molecular complexity index is 1790. The molecule has 6 rings (SSSR count). The van der Waals surface area contributed by atoms with E-state index in [2.05, 4.69) is 10.5 Å². The summed E-state index contributed by atoms with van der Waals surface area (Å²) >= 11 is 6.27. The van der Waals surface area contributed by atoms with Crippen molar-refractivity contribution in [2.24, 2.45) is 0 Å². The van der Waals surface area contributed by atoms with Crippen LogP contribution < -0.4 is 5.32 Å². The smallest absolute Gasteiger partial charge is 0.412 e. The fraction of sp³-hybridized carbons (Fsp3) is 0.182. The van der Waals surface area contributed by atoms with Gasteiger partial charge in [0.1, 0.15) is 17.5 Å². The molecule has 0 saturated heterocycles. The number of ether oxygens (including phenoxy) is 1. The maximum absolute atomic E-state index is 12.9. The van der Waals surface area contributed by atoms with Crippen LogP contribution in [0.4, 0.5) is 10.5 Å². The molecule has 1 saturated carbocycles. The minimum atomic E-state index is -0.769. The van der Waals surface area contributed by atoms with Crippen LogP contribution in [0.25, 0.3) is 33.2 Å². The number of fused-ring (bicyclic) bond motifs is 1. The largest absolute Gasteiger partial charge is 0.481 e. The molecule has 0 aliphatic heterocycles. The Labute approximate surface area is 241 Å². The third-order valence-electron chi connectivity index (χ3n) is 7.79. The summed E-state index contributed by atoms with van der Waals surface area (Å²) in [5.41, 5.74) is 4.46. The lowest BCUT2D eigenvalue weighted by Crippen LogP contribution is -2.19. The summed E-state index contributed by atoms with van der Waals surface area (Å²) in [5.74, 6) is -0.353. The van der Waals surface area contributed by atoms with E-state index in [1.807, 2.05) is 78.9 Å². The fourth-order valence-electron chi connectivity index (χ4n) is 5.33. The third-order valence-corrected chi connectivity index (χ3v) is 8.14. The van der Waals surface area contributed by atoms with Crippen molar-refractivity contribution in [3.8, 4) is 22.5 Å². The van der Waals surface area contributed by atoms with Gasteiger partial charge < -0.3 is 14.4 Å². The number of rotatable bonds is 7. The van der Waals surface area contributed by atoms with Gasteiger partial charge in [-0.25, -0.2) is 4.79 Å². The lowest BCUT2D eigenvalue weighted by molar-refractivity contribution is -0.140. The van der Waals surface area contributed by atoms with Gasteiger partial charge in [-0.1, -0.05) is 89.6 Å². The van der Waals surface area contributed by atoms with Crippen molar-refractivity contribution in [2.75, 3.05) is 5.32 Å². The second-order valence-electron chi connectivity index (χ2n) is 10.3. The third kappa shape index (κ3) is 4.83. The molecule has 0 spiro atoms. The number of amides is 1. The first-order valence-corrected chi connectivity index (χ1v) is 13.7. The molecule has 1 amide bonds. The lowest BCUT2D eigenvalue weighted by Gasteiger charge is -2.16. The molecule has 1 heterocycles. The molecule has 206 valence electrons. The molecular weight excluding hydrogens is 540 g/mol. The molecule has 4 aromatic carbocycles. The summed E-state index contributed by atoms with van der Waals surface area (Å²) < 4.78 is 11.3. The number of benzene rings is 4. The first-order valence-electron chi connectivity index (χ1n) is 13.3. The first-order chi connectivity index (χ1) is 19.8. The Balaban J connectivity index is 1.31. The Morgan fingerprint density at radius 1 is 0.951 bits per heavy atom. The molecular formula is C33H27ClN2O5. The maximum atomic E-state index is 12.9. The van der Waals surface area contributed by atoms with E-state index in [-0.39, 0.29) is 0 Å². The number of nitrogens with zero attached hydrogens (tertiary/aromatic N) is 1. The van der Waals surface area contributed by atoms with E-state index in [9.17, 15) is 14.7 Å². The SMILES string of the molecule is Cc1noc(-c2ccc(-c3ccc(C4(C(=O)O)CC4)cc3)c3ccccc23)c1NC(=O)OC(C)c1ccccc1Cl. The van der Waals surface area contributed by atoms with Crippen LogP contribution in [0.2, 0.25) is 5.02 Å². The standard InChI is InChI=1S/C33H27ClN2O5/c1-19-29(35-32(39)40-20(2)23-7-5-6-10-28(23)34)30(41-36-19)27-16-15-24(25-8-3-4-9-26(25)27)21-11-13-22(14-12-21)33(17-18-33)31(37)38/h3-16,20H,17-18H2,1-2H3,(H,35,39)(H,37,38). The monoisotopic (exact) mass is 566 g/mol. The summed E-state index contributed by atoms with van der Waals surface area (Å²) in [5, 5.41) is 19.0. The van der Waals surface area contributed by atoms with E-state index in [1.54, 1.807) is 19.9 Å². The second kappa shape index (κ2) is 10.4. The summed E-state index contributed by atoms with van der Waals surface area (Å²) in [4.78, 5) is 24.7. The van der Waals surface area contributed by atoms with Gasteiger partial charge in [0.2, 0.25) is 0 Å². The van der Waals surface area contributed by atoms with E-state index < -0.39 is 23.6 Å². The van der Waals surface area contributed by atoms with Crippen LogP contribution in [0.3, 0.4) is 0 Å². The predicted molar refractivity (Wildman–Crippen MR) is 158 cm³/mol. The summed E-state index contributed by atoms with van der Waals surface area (Å²) in [6, 6.07) is 26.9. The Morgan fingerprint density at radius 2 is 1.59 bits per heavy atom. The molecule has 7 nitrogen and oxygen atoms in total. The fourth-order valence-corrected chi connectivity index (χ4v) is 5.62. The van der Waals surface area contributed by atoms with Crippen molar-refractivity contribution in [1.82, 2.24) is 5.16 Å². The zero-order valence-electron chi connectivity index (χ0n) is 22.5. The van der Waals surface area contributed by atoms with E-state index in [0.717, 1.165) is 33.0 Å². The van der Waals surface area contributed by atoms with Gasteiger partial charge in [0.05, 0.1) is 5.41 Å². The number of carboxylic acids is 1. The van der Waals surface area contributed by atoms with Crippen LogP contribution in [0.15, 0.2) is 89.5 Å². The van der Waals surface area contributed by atoms with E-state index in [4.69, 9.17) is 20.9 Å². The van der Waals surface area contributed by atoms with Gasteiger partial charge in [0.15, 0.2) is 5.76 Å². The van der Waals surface area contributed by atoms with Crippen LogP contribution >= 0.6 is 11.6 Å². The van der Waals surface area contributed by atoms with E-state index in [1.165, 1.54) is 0 Å². The number of aromatic nitrogens is 1. The molecule has 1 aromatic heterocycles. The number of carbonyl (C=O) groups is 2. The predicted octanol–water partition coefficient (Wildman–Crippen LogP) is 8.55. The van der Waals surface area contributed by atoms with E-state index in [0.29, 0.717) is 40.6 Å². The molecule has 0 bridgehead atoms. The molecule has 8 heteroatoms. The maximum Gasteiger partial charge on any atom is 0.412 e. The van der Waals surface area contributed by atoms with Crippen molar-refractivity contribution in [3.63, 3.8) is 0 Å². The number of carbonyl (C=O) groups excluding carboxylic acids is 1. The number of aryl methyl sites for hydroxylation is 1. The van der Waals surface area contributed by atoms with Gasteiger partial charge in [0.25, 0.3) is 0 Å². The highest BCUT2D eigenvalue weighted by atomic mass is 35.5. The number of hydrogen-bond donors (Lipinski definition) is 2. The number of anilines is 1. The van der Waals surface area contributed by atoms with Crippen LogP contribution in [0.5, 0.6) is 0 Å². The topological polar surface area (TPSA) is 102 Å². The van der Waals surface area contributed by atoms with E-state index >= 15 is 0 Å². The summed E-state index contributed by atoms with van der Waals surface area (Å²) in [6.07, 6.45) is 0.113. The number of carboxylic acid groups (broad SMARTS) is 1. The highest BCUT2D eigenvalue weighted by Gasteiger charge is 2.51. The first kappa shape index (κ1) is 26.6. The highest BCUT2D eigenvalue weighted by Crippen LogP contribution is 2.49. The number of aliphatic carboxylic acids is 1. The Hall–Kier alpha value is -4.62. The molecule has 0 radical (unpaired) electrons. The molecule has 1 atom stereocenters. The Kier molecular flexibility index (Phi) is 6.75. The van der Waals surface area contributed by atoms with Gasteiger partial charge in [-0.15, -0.1) is 0 Å². The van der Waals surface area contributed by atoms with Crippen molar-refractivity contribution in [3.05, 3.63) is 107 Å². The van der Waals surface area contributed by atoms with Crippen molar-refractivity contribution in [1.29, 1.82) is 0 Å². The lowest BCUT2D eigenvalue weighted by atomic mass is 9.91. The van der Waals surface area contributed by atoms with Gasteiger partial charge in [-0.3, -0.25) is 10.1 Å². The van der Waals surface area contributed by atoms with Crippen LogP contribution in [0.1, 0.15) is 42.7 Å². The van der Waals surface area contributed by atoms with Crippen LogP contribution in [0, 0.1) is 6.92 Å². The zero-order valence-corrected chi connectivity index (χ0v) is 23.2. The minimum absolute atomic E-state index is 0.417. The van der Waals surface area contributed by atoms with Crippen LogP contribution in [-0.2, 0) is 14.9 Å². The van der Waals surface area contributed by atoms with Gasteiger partial charge >= 0.3 is 12.1 Å². The molecule has 1 unspecified atom stereocenters. The number of hydrogen-bond acceptors (Lipinski definition) is 5. The molecule has 41 heavy (non-hydrogen) atoms. The molecule has 2 N–H and O–H groups in total. The van der Waals surface area contributed by atoms with Gasteiger partial charge in [-0.2, -0.15) is 0 Å². The molecule has 5 aromatic rings. The average molecular weight is 567 g/mol. The molecule has 1 aliphatic rings. The average Bonchev–Trinajstić information content (AvgIpc) is 3.72. The number of nitrogens with one attached hydrogen (secondary N) is 1. The molecule has 1 fully saturated rings. The van der Waals surface area contributed by atoms with Crippen molar-refractivity contribution < 1.29 is 24.0 Å². The van der Waals surface area contributed by atoms with Crippen LogP contribution in [-0.4, -0.2) is 22.3 Å².